The molecule has 2 rings (SSSR count). The van der Waals surface area contributed by atoms with Crippen LogP contribution in [-0.2, 0) is 4.74 Å². The zero-order valence-electron chi connectivity index (χ0n) is 11.6. The van der Waals surface area contributed by atoms with Crippen LogP contribution in [-0.4, -0.2) is 22.8 Å². The first-order valence-electron chi connectivity index (χ1n) is 6.33. The van der Waals surface area contributed by atoms with Crippen molar-refractivity contribution in [1.82, 2.24) is 5.16 Å². The molecule has 1 N–H and O–H groups in total. The Morgan fingerprint density at radius 3 is 2.71 bits per heavy atom. The van der Waals surface area contributed by atoms with Gasteiger partial charge in [-0.05, 0) is 37.6 Å². The molecule has 5 nitrogen and oxygen atoms in total. The van der Waals surface area contributed by atoms with Crippen molar-refractivity contribution in [3.63, 3.8) is 0 Å². The number of nitrogens with zero attached hydrogens (tertiary/aromatic N) is 1. The summed E-state index contributed by atoms with van der Waals surface area (Å²) in [5.41, 5.74) is 1.19. The molecule has 2 aromatic rings. The van der Waals surface area contributed by atoms with Crippen LogP contribution < -0.4 is 0 Å². The van der Waals surface area contributed by atoms with Crippen LogP contribution in [0, 0.1) is 6.92 Å². The van der Waals surface area contributed by atoms with Crippen molar-refractivity contribution in [3.05, 3.63) is 51.9 Å². The van der Waals surface area contributed by atoms with E-state index in [1.807, 2.05) is 0 Å². The molecule has 0 saturated heterocycles. The number of benzene rings is 1. The summed E-state index contributed by atoms with van der Waals surface area (Å²) in [5, 5.41) is 14.4. The monoisotopic (exact) mass is 307 g/mol. The maximum atomic E-state index is 11.9. The third kappa shape index (κ3) is 3.44. The zero-order chi connectivity index (χ0) is 15.4. The number of carbonyl (C=O) groups excluding carboxylic acids is 1. The number of esters is 1. The van der Waals surface area contributed by atoms with Crippen molar-refractivity contribution >= 4 is 29.4 Å². The van der Waals surface area contributed by atoms with Gasteiger partial charge < -0.3 is 14.4 Å². The van der Waals surface area contributed by atoms with Crippen molar-refractivity contribution in [2.75, 3.05) is 6.61 Å². The lowest BCUT2D eigenvalue weighted by Crippen LogP contribution is -2.07. The smallest absolute Gasteiger partial charge is 0.344 e. The van der Waals surface area contributed by atoms with E-state index in [4.69, 9.17) is 20.9 Å². The first-order chi connectivity index (χ1) is 10.0. The third-order valence-corrected chi connectivity index (χ3v) is 3.00. The summed E-state index contributed by atoms with van der Waals surface area (Å²) < 4.78 is 9.95. The number of aromatic nitrogens is 1. The first kappa shape index (κ1) is 15.1. The fourth-order valence-electron chi connectivity index (χ4n) is 1.77. The van der Waals surface area contributed by atoms with E-state index < -0.39 is 5.97 Å². The molecule has 1 heterocycles. The van der Waals surface area contributed by atoms with Crippen molar-refractivity contribution < 1.29 is 19.2 Å². The molecular weight excluding hydrogens is 294 g/mol. The van der Waals surface area contributed by atoms with Crippen LogP contribution in [0.3, 0.4) is 0 Å². The molecule has 0 aliphatic carbocycles. The van der Waals surface area contributed by atoms with Gasteiger partial charge in [-0.1, -0.05) is 28.9 Å². The highest BCUT2D eigenvalue weighted by Gasteiger charge is 2.24. The quantitative estimate of drug-likeness (QED) is 0.685. The Morgan fingerprint density at radius 1 is 1.43 bits per heavy atom. The number of aryl methyl sites for hydroxylation is 1. The van der Waals surface area contributed by atoms with Crippen LogP contribution in [0.1, 0.15) is 34.3 Å². The maximum absolute atomic E-state index is 11.9. The molecule has 0 bridgehead atoms. The van der Waals surface area contributed by atoms with Gasteiger partial charge in [0.05, 0.1) is 12.3 Å². The fraction of sp³-hybridized carbons (Fsp3) is 0.200. The Balaban J connectivity index is 2.37. The molecule has 0 atom stereocenters. The second-order valence-corrected chi connectivity index (χ2v) is 4.71. The van der Waals surface area contributed by atoms with Crippen molar-refractivity contribution in [3.8, 4) is 0 Å². The van der Waals surface area contributed by atoms with Gasteiger partial charge in [0.15, 0.2) is 5.76 Å². The average Bonchev–Trinajstić information content (AvgIpc) is 2.83. The van der Waals surface area contributed by atoms with Gasteiger partial charge in [-0.25, -0.2) is 4.79 Å². The maximum Gasteiger partial charge on any atom is 0.344 e. The average molecular weight is 308 g/mol. The number of ether oxygens (including phenoxy) is 1. The number of aliphatic hydroxyl groups excluding tert-OH is 1. The Hall–Kier alpha value is -2.27. The number of hydrogen-bond donors (Lipinski definition) is 1. The summed E-state index contributed by atoms with van der Waals surface area (Å²) in [4.78, 5) is 11.9. The van der Waals surface area contributed by atoms with E-state index >= 15 is 0 Å². The van der Waals surface area contributed by atoms with Gasteiger partial charge in [-0.2, -0.15) is 0 Å². The second kappa shape index (κ2) is 6.45. The van der Waals surface area contributed by atoms with Crippen LogP contribution in [0.4, 0.5) is 0 Å². The van der Waals surface area contributed by atoms with E-state index in [-0.39, 0.29) is 23.7 Å². The standard InChI is InChI=1S/C15H14ClNO4/c1-3-20-15(19)13-9(2)17-21-14(13)12(18)8-10-4-6-11(16)7-5-10/h4-8,18H,3H2,1-2H3/b12-8-. The van der Waals surface area contributed by atoms with Crippen molar-refractivity contribution in [2.45, 2.75) is 13.8 Å². The molecular formula is C15H14ClNO4. The van der Waals surface area contributed by atoms with E-state index in [9.17, 15) is 9.90 Å². The predicted octanol–water partition coefficient (Wildman–Crippen LogP) is 3.87. The van der Waals surface area contributed by atoms with Gasteiger partial charge in [0.1, 0.15) is 5.56 Å². The van der Waals surface area contributed by atoms with Crippen LogP contribution >= 0.6 is 11.6 Å². The largest absolute Gasteiger partial charge is 0.504 e. The molecule has 0 spiro atoms. The van der Waals surface area contributed by atoms with E-state index in [2.05, 4.69) is 5.16 Å². The number of aliphatic hydroxyl groups is 1. The fourth-order valence-corrected chi connectivity index (χ4v) is 1.90. The topological polar surface area (TPSA) is 72.6 Å². The lowest BCUT2D eigenvalue weighted by Gasteiger charge is -2.02. The molecule has 0 saturated carbocycles. The van der Waals surface area contributed by atoms with Crippen LogP contribution in [0.25, 0.3) is 11.8 Å². The summed E-state index contributed by atoms with van der Waals surface area (Å²) >= 11 is 5.80. The van der Waals surface area contributed by atoms with Gasteiger partial charge in [0.25, 0.3) is 0 Å². The SMILES string of the molecule is CCOC(=O)c1c(C)noc1/C(O)=C/c1ccc(Cl)cc1. The number of carbonyl (C=O) groups is 1. The minimum absolute atomic E-state index is 0.0131. The van der Waals surface area contributed by atoms with Crippen molar-refractivity contribution in [1.29, 1.82) is 0 Å². The zero-order valence-corrected chi connectivity index (χ0v) is 12.3. The van der Waals surface area contributed by atoms with Crippen LogP contribution in [0.5, 0.6) is 0 Å². The van der Waals surface area contributed by atoms with Crippen LogP contribution in [0.15, 0.2) is 28.8 Å². The first-order valence-corrected chi connectivity index (χ1v) is 6.70. The minimum Gasteiger partial charge on any atom is -0.504 e. The molecule has 0 aliphatic heterocycles. The number of halogens is 1. The van der Waals surface area contributed by atoms with E-state index in [1.165, 1.54) is 6.08 Å². The lowest BCUT2D eigenvalue weighted by atomic mass is 10.1. The summed E-state index contributed by atoms with van der Waals surface area (Å²) in [6.07, 6.45) is 1.46. The molecule has 0 unspecified atom stereocenters. The molecule has 21 heavy (non-hydrogen) atoms. The van der Waals surface area contributed by atoms with Gasteiger partial charge in [0.2, 0.25) is 5.76 Å². The van der Waals surface area contributed by atoms with Gasteiger partial charge in [0, 0.05) is 5.02 Å². The van der Waals surface area contributed by atoms with E-state index in [1.54, 1.807) is 38.1 Å². The summed E-state index contributed by atoms with van der Waals surface area (Å²) in [6, 6.07) is 6.84. The predicted molar refractivity (Wildman–Crippen MR) is 79.1 cm³/mol. The molecule has 0 amide bonds. The Labute approximate surface area is 126 Å². The Kier molecular flexibility index (Phi) is 4.65. The summed E-state index contributed by atoms with van der Waals surface area (Å²) in [5.74, 6) is -0.802. The summed E-state index contributed by atoms with van der Waals surface area (Å²) in [7, 11) is 0. The highest BCUT2D eigenvalue weighted by Crippen LogP contribution is 2.23. The summed E-state index contributed by atoms with van der Waals surface area (Å²) in [6.45, 7) is 3.53. The molecule has 0 fully saturated rings. The van der Waals surface area contributed by atoms with E-state index in [0.29, 0.717) is 16.3 Å². The molecule has 6 heteroatoms. The highest BCUT2D eigenvalue weighted by molar-refractivity contribution is 6.30. The van der Waals surface area contributed by atoms with Gasteiger partial charge in [-0.3, -0.25) is 0 Å². The third-order valence-electron chi connectivity index (χ3n) is 2.75. The molecule has 1 aromatic carbocycles. The molecule has 0 radical (unpaired) electrons. The van der Waals surface area contributed by atoms with Gasteiger partial charge in [-0.15, -0.1) is 0 Å². The Bertz CT molecular complexity index is 673. The number of hydrogen-bond acceptors (Lipinski definition) is 5. The molecule has 0 aliphatic rings. The number of rotatable bonds is 4. The Morgan fingerprint density at radius 2 is 2.10 bits per heavy atom. The minimum atomic E-state index is -0.581. The van der Waals surface area contributed by atoms with Gasteiger partial charge >= 0.3 is 5.97 Å². The lowest BCUT2D eigenvalue weighted by molar-refractivity contribution is 0.0524. The van der Waals surface area contributed by atoms with Crippen LogP contribution in [0.2, 0.25) is 5.02 Å². The normalized spacial score (nSPS) is 11.5. The molecule has 110 valence electrons. The molecule has 1 aromatic heterocycles. The second-order valence-electron chi connectivity index (χ2n) is 4.27. The van der Waals surface area contributed by atoms with Crippen molar-refractivity contribution in [2.24, 2.45) is 0 Å². The highest BCUT2D eigenvalue weighted by atomic mass is 35.5. The van der Waals surface area contributed by atoms with E-state index in [0.717, 1.165) is 0 Å².